The molecule has 0 saturated heterocycles. The fourth-order valence-electron chi connectivity index (χ4n) is 2.35. The summed E-state index contributed by atoms with van der Waals surface area (Å²) in [6.07, 6.45) is 6.90. The summed E-state index contributed by atoms with van der Waals surface area (Å²) in [5.74, 6) is 1.12. The molecule has 2 aromatic rings. The molecule has 1 aromatic heterocycles. The van der Waals surface area contributed by atoms with Crippen LogP contribution in [0, 0.1) is 5.92 Å². The molecule has 1 unspecified atom stereocenters. The summed E-state index contributed by atoms with van der Waals surface area (Å²) in [4.78, 5) is 12.6. The molecule has 0 fully saturated rings. The first-order chi connectivity index (χ1) is 11.0. The molecule has 0 saturated carbocycles. The molecule has 122 valence electrons. The predicted molar refractivity (Wildman–Crippen MR) is 100 cm³/mol. The Morgan fingerprint density at radius 3 is 2.91 bits per heavy atom. The van der Waals surface area contributed by atoms with Crippen LogP contribution in [0.2, 0.25) is 5.02 Å². The van der Waals surface area contributed by atoms with E-state index in [1.54, 1.807) is 0 Å². The number of imidazole rings is 1. The van der Waals surface area contributed by atoms with Crippen LogP contribution < -0.4 is 0 Å². The SMILES string of the molecule is C=C(/C=C\N=C(c1nc2ccc(Cl)cc2[nH]1)C(C)CC)CCC. The van der Waals surface area contributed by atoms with Crippen molar-refractivity contribution in [3.05, 3.63) is 53.5 Å². The number of nitrogens with zero attached hydrogens (tertiary/aromatic N) is 2. The predicted octanol–water partition coefficient (Wildman–Crippen LogP) is 5.92. The number of aromatic nitrogens is 2. The molecule has 0 aliphatic rings. The number of nitrogens with one attached hydrogen (secondary N) is 1. The van der Waals surface area contributed by atoms with Gasteiger partial charge < -0.3 is 4.98 Å². The van der Waals surface area contributed by atoms with Crippen molar-refractivity contribution < 1.29 is 0 Å². The first kappa shape index (κ1) is 17.5. The molecule has 23 heavy (non-hydrogen) atoms. The van der Waals surface area contributed by atoms with Crippen molar-refractivity contribution in [3.8, 4) is 0 Å². The van der Waals surface area contributed by atoms with Crippen LogP contribution in [-0.4, -0.2) is 15.7 Å². The van der Waals surface area contributed by atoms with Crippen LogP contribution >= 0.6 is 11.6 Å². The second-order valence-electron chi connectivity index (χ2n) is 5.79. The minimum absolute atomic E-state index is 0.315. The third-order valence-electron chi connectivity index (χ3n) is 3.86. The second-order valence-corrected chi connectivity index (χ2v) is 6.23. The molecule has 3 nitrogen and oxygen atoms in total. The largest absolute Gasteiger partial charge is 0.337 e. The monoisotopic (exact) mass is 329 g/mol. The number of hydrogen-bond acceptors (Lipinski definition) is 2. The molecule has 0 radical (unpaired) electrons. The average Bonchev–Trinajstić information content (AvgIpc) is 2.93. The van der Waals surface area contributed by atoms with E-state index in [9.17, 15) is 0 Å². The van der Waals surface area contributed by atoms with Crippen LogP contribution in [0.1, 0.15) is 45.9 Å². The van der Waals surface area contributed by atoms with Crippen LogP contribution in [0.25, 0.3) is 11.0 Å². The summed E-state index contributed by atoms with van der Waals surface area (Å²) in [5, 5.41) is 0.700. The summed E-state index contributed by atoms with van der Waals surface area (Å²) in [6, 6.07) is 5.66. The summed E-state index contributed by atoms with van der Waals surface area (Å²) in [6.45, 7) is 10.5. The van der Waals surface area contributed by atoms with E-state index < -0.39 is 0 Å². The zero-order chi connectivity index (χ0) is 16.8. The Bertz CT molecular complexity index is 740. The van der Waals surface area contributed by atoms with Gasteiger partial charge in [-0.3, -0.25) is 4.99 Å². The van der Waals surface area contributed by atoms with Crippen molar-refractivity contribution >= 4 is 28.3 Å². The van der Waals surface area contributed by atoms with Crippen molar-refractivity contribution in [2.45, 2.75) is 40.0 Å². The molecule has 0 bridgehead atoms. The average molecular weight is 330 g/mol. The number of halogens is 1. The number of allylic oxidation sites excluding steroid dienone is 2. The Morgan fingerprint density at radius 2 is 2.22 bits per heavy atom. The van der Waals surface area contributed by atoms with E-state index in [0.717, 1.165) is 47.4 Å². The number of H-pyrrole nitrogens is 1. The van der Waals surface area contributed by atoms with E-state index in [4.69, 9.17) is 11.6 Å². The van der Waals surface area contributed by atoms with Crippen LogP contribution in [0.15, 0.2) is 47.6 Å². The zero-order valence-corrected chi connectivity index (χ0v) is 14.8. The Morgan fingerprint density at radius 1 is 1.43 bits per heavy atom. The van der Waals surface area contributed by atoms with Gasteiger partial charge in [-0.05, 0) is 37.1 Å². The minimum atomic E-state index is 0.315. The van der Waals surface area contributed by atoms with Crippen molar-refractivity contribution in [3.63, 3.8) is 0 Å². The Labute approximate surface area is 143 Å². The molecule has 1 atom stereocenters. The van der Waals surface area contributed by atoms with Crippen LogP contribution in [0.5, 0.6) is 0 Å². The summed E-state index contributed by atoms with van der Waals surface area (Å²) < 4.78 is 0. The van der Waals surface area contributed by atoms with E-state index in [1.165, 1.54) is 0 Å². The molecule has 1 N–H and O–H groups in total. The fourth-order valence-corrected chi connectivity index (χ4v) is 2.52. The highest BCUT2D eigenvalue weighted by Crippen LogP contribution is 2.20. The molecule has 1 aromatic carbocycles. The lowest BCUT2D eigenvalue weighted by Crippen LogP contribution is -2.13. The van der Waals surface area contributed by atoms with Gasteiger partial charge in [-0.15, -0.1) is 0 Å². The Kier molecular flexibility index (Phi) is 6.17. The zero-order valence-electron chi connectivity index (χ0n) is 14.1. The molecule has 0 aliphatic heterocycles. The maximum atomic E-state index is 6.05. The molecule has 1 heterocycles. The maximum Gasteiger partial charge on any atom is 0.153 e. The highest BCUT2D eigenvalue weighted by atomic mass is 35.5. The highest BCUT2D eigenvalue weighted by Gasteiger charge is 2.15. The van der Waals surface area contributed by atoms with Gasteiger partial charge in [-0.1, -0.05) is 50.9 Å². The normalized spacial score (nSPS) is 13.8. The molecular weight excluding hydrogens is 306 g/mol. The second kappa shape index (κ2) is 8.11. The van der Waals surface area contributed by atoms with E-state index in [2.05, 4.69) is 42.3 Å². The number of aliphatic imine (C=N–C) groups is 1. The lowest BCUT2D eigenvalue weighted by Gasteiger charge is -2.09. The van der Waals surface area contributed by atoms with E-state index in [1.807, 2.05) is 30.5 Å². The highest BCUT2D eigenvalue weighted by molar-refractivity contribution is 6.31. The standard InChI is InChI=1S/C19H24ClN3/c1-5-7-13(3)10-11-21-18(14(4)6-2)19-22-16-9-8-15(20)12-17(16)23-19/h8-12,14H,3,5-7H2,1-2,4H3,(H,22,23)/b11-10-,21-18?. The third kappa shape index (κ3) is 4.55. The quantitative estimate of drug-likeness (QED) is 0.497. The number of rotatable bonds is 7. The van der Waals surface area contributed by atoms with Crippen LogP contribution in [0.3, 0.4) is 0 Å². The molecule has 0 aliphatic carbocycles. The Hall–Kier alpha value is -1.87. The van der Waals surface area contributed by atoms with Crippen molar-refractivity contribution in [1.82, 2.24) is 9.97 Å². The number of benzene rings is 1. The lowest BCUT2D eigenvalue weighted by atomic mass is 10.0. The van der Waals surface area contributed by atoms with Crippen molar-refractivity contribution in [2.24, 2.45) is 10.9 Å². The molecule has 2 rings (SSSR count). The van der Waals surface area contributed by atoms with Gasteiger partial charge in [0, 0.05) is 17.1 Å². The topological polar surface area (TPSA) is 41.0 Å². The molecular formula is C19H24ClN3. The van der Waals surface area contributed by atoms with Crippen LogP contribution in [-0.2, 0) is 0 Å². The Balaban J connectivity index is 2.34. The van der Waals surface area contributed by atoms with Gasteiger partial charge in [0.05, 0.1) is 16.7 Å². The van der Waals surface area contributed by atoms with Gasteiger partial charge in [0.25, 0.3) is 0 Å². The van der Waals surface area contributed by atoms with Crippen molar-refractivity contribution in [2.75, 3.05) is 0 Å². The van der Waals surface area contributed by atoms with Gasteiger partial charge in [0.15, 0.2) is 5.82 Å². The number of fused-ring (bicyclic) bond motifs is 1. The van der Waals surface area contributed by atoms with Gasteiger partial charge in [-0.25, -0.2) is 4.98 Å². The van der Waals surface area contributed by atoms with Gasteiger partial charge >= 0.3 is 0 Å². The van der Waals surface area contributed by atoms with E-state index in [-0.39, 0.29) is 0 Å². The van der Waals surface area contributed by atoms with Gasteiger partial charge in [0.2, 0.25) is 0 Å². The lowest BCUT2D eigenvalue weighted by molar-refractivity contribution is 0.736. The first-order valence-corrected chi connectivity index (χ1v) is 8.50. The summed E-state index contributed by atoms with van der Waals surface area (Å²) in [7, 11) is 0. The molecule has 4 heteroatoms. The summed E-state index contributed by atoms with van der Waals surface area (Å²) >= 11 is 6.05. The van der Waals surface area contributed by atoms with E-state index in [0.29, 0.717) is 10.9 Å². The number of aromatic amines is 1. The van der Waals surface area contributed by atoms with Gasteiger partial charge in [-0.2, -0.15) is 0 Å². The third-order valence-corrected chi connectivity index (χ3v) is 4.10. The number of hydrogen-bond donors (Lipinski definition) is 1. The minimum Gasteiger partial charge on any atom is -0.337 e. The fraction of sp³-hybridized carbons (Fsp3) is 0.368. The maximum absolute atomic E-state index is 6.05. The van der Waals surface area contributed by atoms with E-state index >= 15 is 0 Å². The smallest absolute Gasteiger partial charge is 0.153 e. The summed E-state index contributed by atoms with van der Waals surface area (Å²) in [5.41, 5.74) is 3.89. The van der Waals surface area contributed by atoms with Gasteiger partial charge in [0.1, 0.15) is 0 Å². The molecule has 0 spiro atoms. The van der Waals surface area contributed by atoms with Crippen LogP contribution in [0.4, 0.5) is 0 Å². The first-order valence-electron chi connectivity index (χ1n) is 8.12. The molecule has 0 amide bonds. The van der Waals surface area contributed by atoms with Crippen molar-refractivity contribution in [1.29, 1.82) is 0 Å².